The molecule has 0 unspecified atom stereocenters. The summed E-state index contributed by atoms with van der Waals surface area (Å²) in [7, 11) is 0. The Morgan fingerprint density at radius 3 is 2.96 bits per heavy atom. The monoisotopic (exact) mass is 359 g/mol. The van der Waals surface area contributed by atoms with Crippen molar-refractivity contribution in [2.24, 2.45) is 5.41 Å². The smallest absolute Gasteiger partial charge is 0.228 e. The van der Waals surface area contributed by atoms with Gasteiger partial charge in [-0.3, -0.25) is 4.79 Å². The summed E-state index contributed by atoms with van der Waals surface area (Å²) in [6.45, 7) is 4.95. The molecule has 3 aliphatic rings. The predicted molar refractivity (Wildman–Crippen MR) is 102 cm³/mol. The molecule has 5 heteroatoms. The van der Waals surface area contributed by atoms with E-state index in [4.69, 9.17) is 4.98 Å². The second-order valence-electron chi connectivity index (χ2n) is 8.18. The van der Waals surface area contributed by atoms with Crippen LogP contribution >= 0.6 is 11.3 Å². The number of aromatic nitrogens is 1. The standard InChI is InChI=1S/C20H29N3OS/c1-13(2)8-10-20(12-14-6-7-17(20)22-14)19(24)21-11-9-18-23-15-4-3-5-16(15)25-18/h8,14,17,22H,3-7,9-12H2,1-2H3,(H,21,24)/t14-,17+,20+/m0/s1. The van der Waals surface area contributed by atoms with Crippen LogP contribution in [-0.2, 0) is 24.1 Å². The molecule has 0 radical (unpaired) electrons. The third kappa shape index (κ3) is 3.28. The molecular formula is C20H29N3OS. The number of rotatable bonds is 6. The van der Waals surface area contributed by atoms with Crippen LogP contribution in [0.3, 0.4) is 0 Å². The van der Waals surface area contributed by atoms with E-state index in [0.29, 0.717) is 18.6 Å². The van der Waals surface area contributed by atoms with Crippen molar-refractivity contribution < 1.29 is 4.79 Å². The number of amides is 1. The molecule has 2 N–H and O–H groups in total. The number of nitrogens with one attached hydrogen (secondary N) is 2. The molecular weight excluding hydrogens is 330 g/mol. The highest BCUT2D eigenvalue weighted by atomic mass is 32.1. The zero-order valence-corrected chi connectivity index (χ0v) is 16.2. The summed E-state index contributed by atoms with van der Waals surface area (Å²) < 4.78 is 0. The van der Waals surface area contributed by atoms with E-state index in [9.17, 15) is 4.79 Å². The maximum atomic E-state index is 13.1. The number of allylic oxidation sites excluding steroid dienone is 2. The van der Waals surface area contributed by atoms with Gasteiger partial charge in [0.2, 0.25) is 5.91 Å². The molecule has 2 fully saturated rings. The van der Waals surface area contributed by atoms with E-state index in [1.165, 1.54) is 40.4 Å². The maximum absolute atomic E-state index is 13.1. The van der Waals surface area contributed by atoms with E-state index in [2.05, 4.69) is 30.6 Å². The van der Waals surface area contributed by atoms with Crippen LogP contribution in [0.25, 0.3) is 0 Å². The van der Waals surface area contributed by atoms with Crippen LogP contribution in [0.5, 0.6) is 0 Å². The molecule has 1 amide bonds. The first kappa shape index (κ1) is 17.2. The average Bonchev–Trinajstić information content (AvgIpc) is 3.32. The van der Waals surface area contributed by atoms with Gasteiger partial charge in [-0.1, -0.05) is 11.6 Å². The third-order valence-corrected chi connectivity index (χ3v) is 7.33. The SMILES string of the molecule is CC(C)=CC[C@@]1(C(=O)NCCc2nc3c(s2)CCC3)C[C@@H]2CC[C@H]1N2. The minimum atomic E-state index is -0.245. The largest absolute Gasteiger partial charge is 0.355 e. The number of nitrogens with zero attached hydrogens (tertiary/aromatic N) is 1. The Labute approximate surface area is 154 Å². The van der Waals surface area contributed by atoms with E-state index in [-0.39, 0.29) is 11.3 Å². The van der Waals surface area contributed by atoms with E-state index < -0.39 is 0 Å². The van der Waals surface area contributed by atoms with E-state index in [0.717, 1.165) is 32.1 Å². The van der Waals surface area contributed by atoms with E-state index in [1.807, 2.05) is 11.3 Å². The van der Waals surface area contributed by atoms with Gasteiger partial charge < -0.3 is 10.6 Å². The molecule has 4 nitrogen and oxygen atoms in total. The fourth-order valence-electron chi connectivity index (χ4n) is 4.76. The second kappa shape index (κ2) is 6.84. The van der Waals surface area contributed by atoms with Gasteiger partial charge >= 0.3 is 0 Å². The molecule has 25 heavy (non-hydrogen) atoms. The van der Waals surface area contributed by atoms with Crippen LogP contribution in [0, 0.1) is 5.41 Å². The summed E-state index contributed by atoms with van der Waals surface area (Å²) in [5.41, 5.74) is 2.36. The summed E-state index contributed by atoms with van der Waals surface area (Å²) in [6, 6.07) is 0.875. The zero-order chi connectivity index (χ0) is 17.4. The van der Waals surface area contributed by atoms with Crippen molar-refractivity contribution in [1.82, 2.24) is 15.6 Å². The first-order valence-corrected chi connectivity index (χ1v) is 10.5. The summed E-state index contributed by atoms with van der Waals surface area (Å²) in [4.78, 5) is 19.3. The lowest BCUT2D eigenvalue weighted by Crippen LogP contribution is -2.48. The molecule has 2 bridgehead atoms. The highest BCUT2D eigenvalue weighted by molar-refractivity contribution is 7.11. The van der Waals surface area contributed by atoms with Gasteiger partial charge in [0.15, 0.2) is 0 Å². The number of hydrogen-bond acceptors (Lipinski definition) is 4. The number of thiazole rings is 1. The molecule has 1 aromatic heterocycles. The molecule has 136 valence electrons. The number of carbonyl (C=O) groups is 1. The van der Waals surface area contributed by atoms with Crippen LogP contribution < -0.4 is 10.6 Å². The van der Waals surface area contributed by atoms with Crippen LogP contribution in [0.15, 0.2) is 11.6 Å². The van der Waals surface area contributed by atoms with Crippen molar-refractivity contribution in [1.29, 1.82) is 0 Å². The van der Waals surface area contributed by atoms with Crippen LogP contribution in [0.2, 0.25) is 0 Å². The first-order chi connectivity index (χ1) is 12.1. The Bertz CT molecular complexity index is 670. The van der Waals surface area contributed by atoms with Crippen molar-refractivity contribution in [3.63, 3.8) is 0 Å². The zero-order valence-electron chi connectivity index (χ0n) is 15.4. The predicted octanol–water partition coefficient (Wildman–Crippen LogP) is 3.16. The van der Waals surface area contributed by atoms with Crippen LogP contribution in [0.1, 0.15) is 61.5 Å². The highest BCUT2D eigenvalue weighted by Crippen LogP contribution is 2.46. The maximum Gasteiger partial charge on any atom is 0.228 e. The Kier molecular flexibility index (Phi) is 4.71. The normalized spacial score (nSPS) is 29.7. The van der Waals surface area contributed by atoms with Gasteiger partial charge in [0, 0.05) is 29.9 Å². The van der Waals surface area contributed by atoms with Crippen LogP contribution in [-0.4, -0.2) is 29.5 Å². The molecule has 3 atom stereocenters. The van der Waals surface area contributed by atoms with Crippen molar-refractivity contribution in [2.45, 2.75) is 77.3 Å². The van der Waals surface area contributed by atoms with Crippen molar-refractivity contribution in [2.75, 3.05) is 6.54 Å². The fraction of sp³-hybridized carbons (Fsp3) is 0.700. The Hall–Kier alpha value is -1.20. The molecule has 3 heterocycles. The van der Waals surface area contributed by atoms with Gasteiger partial charge in [0.05, 0.1) is 16.1 Å². The minimum Gasteiger partial charge on any atom is -0.355 e. The summed E-state index contributed by atoms with van der Waals surface area (Å²) in [5.74, 6) is 0.244. The van der Waals surface area contributed by atoms with Gasteiger partial charge in [-0.15, -0.1) is 11.3 Å². The number of aryl methyl sites for hydroxylation is 2. The van der Waals surface area contributed by atoms with Crippen molar-refractivity contribution in [3.05, 3.63) is 27.2 Å². The molecule has 2 saturated heterocycles. The number of hydrogen-bond donors (Lipinski definition) is 2. The topological polar surface area (TPSA) is 54.0 Å². The summed E-state index contributed by atoms with van der Waals surface area (Å²) >= 11 is 1.85. The molecule has 1 aromatic rings. The molecule has 4 rings (SSSR count). The fourth-order valence-corrected chi connectivity index (χ4v) is 5.92. The van der Waals surface area contributed by atoms with Gasteiger partial charge in [0.1, 0.15) is 0 Å². The minimum absolute atomic E-state index is 0.244. The molecule has 0 aromatic carbocycles. The van der Waals surface area contributed by atoms with E-state index in [1.54, 1.807) is 0 Å². The lowest BCUT2D eigenvalue weighted by molar-refractivity contribution is -0.132. The van der Waals surface area contributed by atoms with Crippen LogP contribution in [0.4, 0.5) is 0 Å². The second-order valence-corrected chi connectivity index (χ2v) is 9.34. The lowest BCUT2D eigenvalue weighted by Gasteiger charge is -2.34. The van der Waals surface area contributed by atoms with E-state index >= 15 is 0 Å². The Balaban J connectivity index is 1.38. The number of carbonyl (C=O) groups excluding carboxylic acids is 1. The summed E-state index contributed by atoms with van der Waals surface area (Å²) in [5, 5.41) is 8.09. The molecule has 0 spiro atoms. The van der Waals surface area contributed by atoms with Gasteiger partial charge in [-0.25, -0.2) is 4.98 Å². The molecule has 0 saturated carbocycles. The quantitative estimate of drug-likeness (QED) is 0.767. The highest BCUT2D eigenvalue weighted by Gasteiger charge is 2.54. The van der Waals surface area contributed by atoms with Crippen molar-refractivity contribution in [3.8, 4) is 0 Å². The van der Waals surface area contributed by atoms with Gasteiger partial charge in [0.25, 0.3) is 0 Å². The molecule has 2 aliphatic heterocycles. The number of fused-ring (bicyclic) bond motifs is 3. The molecule has 1 aliphatic carbocycles. The van der Waals surface area contributed by atoms with Gasteiger partial charge in [-0.05, 0) is 58.8 Å². The summed E-state index contributed by atoms with van der Waals surface area (Å²) in [6.07, 6.45) is 10.9. The Morgan fingerprint density at radius 2 is 2.28 bits per heavy atom. The Morgan fingerprint density at radius 1 is 1.40 bits per heavy atom. The first-order valence-electron chi connectivity index (χ1n) is 9.72. The average molecular weight is 360 g/mol. The van der Waals surface area contributed by atoms with Crippen molar-refractivity contribution >= 4 is 17.2 Å². The van der Waals surface area contributed by atoms with Gasteiger partial charge in [-0.2, -0.15) is 0 Å². The third-order valence-electron chi connectivity index (χ3n) is 6.11. The lowest BCUT2D eigenvalue weighted by atomic mass is 9.70.